The van der Waals surface area contributed by atoms with E-state index in [0.717, 1.165) is 24.2 Å². The Balaban J connectivity index is 1.42. The van der Waals surface area contributed by atoms with Crippen molar-refractivity contribution in [3.8, 4) is 0 Å². The van der Waals surface area contributed by atoms with Gasteiger partial charge in [0, 0.05) is 24.6 Å². The Kier molecular flexibility index (Phi) is 4.20. The minimum Gasteiger partial charge on any atom is -0.307 e. The fourth-order valence-corrected chi connectivity index (χ4v) is 3.73. The van der Waals surface area contributed by atoms with Crippen molar-refractivity contribution >= 4 is 22.6 Å². The van der Waals surface area contributed by atoms with Gasteiger partial charge >= 0.3 is 0 Å². The maximum atomic E-state index is 12.8. The van der Waals surface area contributed by atoms with Crippen molar-refractivity contribution in [2.24, 2.45) is 0 Å². The third kappa shape index (κ3) is 3.20. The SMILES string of the molecule is O=C(Nc1ccnn1Cc1ccccc1)c1ccc2c(=O)n3c(nc2c1)CCC3. The highest BCUT2D eigenvalue weighted by molar-refractivity contribution is 6.05. The van der Waals surface area contributed by atoms with E-state index in [0.29, 0.717) is 35.4 Å². The highest BCUT2D eigenvalue weighted by Crippen LogP contribution is 2.17. The van der Waals surface area contributed by atoms with Crippen LogP contribution in [-0.4, -0.2) is 25.2 Å². The number of fused-ring (bicyclic) bond motifs is 2. The highest BCUT2D eigenvalue weighted by Gasteiger charge is 2.17. The molecule has 0 atom stereocenters. The van der Waals surface area contributed by atoms with Gasteiger partial charge in [-0.2, -0.15) is 5.10 Å². The molecule has 4 aromatic rings. The quantitative estimate of drug-likeness (QED) is 0.586. The minimum absolute atomic E-state index is 0.0320. The number of nitrogens with one attached hydrogen (secondary N) is 1. The second-order valence-corrected chi connectivity index (χ2v) is 7.13. The van der Waals surface area contributed by atoms with Crippen molar-refractivity contribution < 1.29 is 4.79 Å². The summed E-state index contributed by atoms with van der Waals surface area (Å²) in [6.45, 7) is 1.27. The fourth-order valence-electron chi connectivity index (χ4n) is 3.73. The van der Waals surface area contributed by atoms with Crippen LogP contribution in [0.2, 0.25) is 0 Å². The first-order chi connectivity index (χ1) is 14.2. The zero-order chi connectivity index (χ0) is 19.8. The molecule has 7 nitrogen and oxygen atoms in total. The Morgan fingerprint density at radius 2 is 1.97 bits per heavy atom. The number of benzene rings is 2. The number of rotatable bonds is 4. The van der Waals surface area contributed by atoms with Crippen LogP contribution in [0, 0.1) is 0 Å². The van der Waals surface area contributed by atoms with Gasteiger partial charge in [-0.25, -0.2) is 9.67 Å². The Bertz CT molecular complexity index is 1270. The molecule has 1 aliphatic heterocycles. The van der Waals surface area contributed by atoms with Gasteiger partial charge in [-0.05, 0) is 30.2 Å². The summed E-state index contributed by atoms with van der Waals surface area (Å²) in [7, 11) is 0. The number of carbonyl (C=O) groups is 1. The van der Waals surface area contributed by atoms with Gasteiger partial charge in [-0.1, -0.05) is 30.3 Å². The molecule has 0 saturated heterocycles. The van der Waals surface area contributed by atoms with E-state index in [1.165, 1.54) is 0 Å². The molecular formula is C22H19N5O2. The maximum Gasteiger partial charge on any atom is 0.261 e. The molecule has 29 heavy (non-hydrogen) atoms. The number of aryl methyl sites for hydroxylation is 1. The minimum atomic E-state index is -0.260. The number of aromatic nitrogens is 4. The lowest BCUT2D eigenvalue weighted by Crippen LogP contribution is -2.21. The van der Waals surface area contributed by atoms with Gasteiger partial charge in [0.15, 0.2) is 0 Å². The molecule has 3 heterocycles. The van der Waals surface area contributed by atoms with Crippen LogP contribution in [0.15, 0.2) is 65.6 Å². The first kappa shape index (κ1) is 17.4. The zero-order valence-electron chi connectivity index (χ0n) is 15.7. The fraction of sp³-hybridized carbons (Fsp3) is 0.182. The van der Waals surface area contributed by atoms with Crippen LogP contribution in [0.25, 0.3) is 10.9 Å². The first-order valence-corrected chi connectivity index (χ1v) is 9.59. The molecule has 0 bridgehead atoms. The zero-order valence-corrected chi connectivity index (χ0v) is 15.7. The van der Waals surface area contributed by atoms with Gasteiger partial charge in [0.1, 0.15) is 11.6 Å². The molecule has 0 saturated carbocycles. The molecule has 2 aromatic carbocycles. The number of anilines is 1. The molecule has 1 aliphatic rings. The summed E-state index contributed by atoms with van der Waals surface area (Å²) in [4.78, 5) is 30.0. The third-order valence-corrected chi connectivity index (χ3v) is 5.21. The molecule has 0 radical (unpaired) electrons. The number of hydrogen-bond donors (Lipinski definition) is 1. The van der Waals surface area contributed by atoms with Crippen LogP contribution in [-0.2, 0) is 19.5 Å². The lowest BCUT2D eigenvalue weighted by molar-refractivity contribution is 0.102. The van der Waals surface area contributed by atoms with Gasteiger partial charge in [0.05, 0.1) is 23.6 Å². The summed E-state index contributed by atoms with van der Waals surface area (Å²) in [5, 5.41) is 7.76. The highest BCUT2D eigenvalue weighted by atomic mass is 16.2. The van der Waals surface area contributed by atoms with Gasteiger partial charge in [0.2, 0.25) is 0 Å². The third-order valence-electron chi connectivity index (χ3n) is 5.21. The molecule has 0 fully saturated rings. The van der Waals surface area contributed by atoms with E-state index in [2.05, 4.69) is 15.4 Å². The standard InChI is InChI=1S/C22H19N5O2/c28-21(25-20-10-11-23-27(20)14-15-5-2-1-3-6-15)16-8-9-17-18(13-16)24-19-7-4-12-26(19)22(17)29/h1-3,5-6,8-11,13H,4,7,12,14H2,(H,25,28). The first-order valence-electron chi connectivity index (χ1n) is 9.59. The second-order valence-electron chi connectivity index (χ2n) is 7.13. The molecular weight excluding hydrogens is 366 g/mol. The van der Waals surface area contributed by atoms with Crippen LogP contribution in [0.4, 0.5) is 5.82 Å². The predicted octanol–water partition coefficient (Wildman–Crippen LogP) is 2.84. The van der Waals surface area contributed by atoms with Crippen molar-refractivity contribution in [1.29, 1.82) is 0 Å². The Morgan fingerprint density at radius 1 is 1.10 bits per heavy atom. The Labute approximate surface area is 166 Å². The lowest BCUT2D eigenvalue weighted by atomic mass is 10.1. The molecule has 1 amide bonds. The summed E-state index contributed by atoms with van der Waals surface area (Å²) in [5.74, 6) is 1.14. The van der Waals surface area contributed by atoms with Crippen molar-refractivity contribution in [2.75, 3.05) is 5.32 Å². The molecule has 5 rings (SSSR count). The van der Waals surface area contributed by atoms with Crippen LogP contribution in [0.3, 0.4) is 0 Å². The monoisotopic (exact) mass is 385 g/mol. The molecule has 0 spiro atoms. The largest absolute Gasteiger partial charge is 0.307 e. The molecule has 0 unspecified atom stereocenters. The van der Waals surface area contributed by atoms with Crippen molar-refractivity contribution in [3.63, 3.8) is 0 Å². The lowest BCUT2D eigenvalue weighted by Gasteiger charge is -2.10. The van der Waals surface area contributed by atoms with E-state index in [1.54, 1.807) is 39.7 Å². The Morgan fingerprint density at radius 3 is 2.83 bits per heavy atom. The molecule has 0 aliphatic carbocycles. The summed E-state index contributed by atoms with van der Waals surface area (Å²) < 4.78 is 3.47. The average molecular weight is 385 g/mol. The van der Waals surface area contributed by atoms with E-state index in [1.807, 2.05) is 30.3 Å². The summed E-state index contributed by atoms with van der Waals surface area (Å²) in [6, 6.07) is 16.7. The number of amides is 1. The number of nitrogens with zero attached hydrogens (tertiary/aromatic N) is 4. The average Bonchev–Trinajstić information content (AvgIpc) is 3.38. The van der Waals surface area contributed by atoms with Gasteiger partial charge in [-0.15, -0.1) is 0 Å². The van der Waals surface area contributed by atoms with Gasteiger partial charge in [-0.3, -0.25) is 14.2 Å². The smallest absolute Gasteiger partial charge is 0.261 e. The Hall–Kier alpha value is -3.74. The number of carbonyl (C=O) groups excluding carboxylic acids is 1. The summed E-state index contributed by atoms with van der Waals surface area (Å²) >= 11 is 0. The van der Waals surface area contributed by atoms with E-state index in [4.69, 9.17) is 0 Å². The second kappa shape index (κ2) is 7.01. The van der Waals surface area contributed by atoms with Crippen LogP contribution in [0.5, 0.6) is 0 Å². The van der Waals surface area contributed by atoms with E-state index in [9.17, 15) is 9.59 Å². The van der Waals surface area contributed by atoms with Crippen LogP contribution >= 0.6 is 0 Å². The predicted molar refractivity (Wildman–Crippen MR) is 110 cm³/mol. The normalized spacial score (nSPS) is 12.8. The van der Waals surface area contributed by atoms with Gasteiger partial charge < -0.3 is 5.32 Å². The molecule has 7 heteroatoms. The van der Waals surface area contributed by atoms with Crippen molar-refractivity contribution in [2.45, 2.75) is 25.9 Å². The van der Waals surface area contributed by atoms with Crippen LogP contribution < -0.4 is 10.9 Å². The van der Waals surface area contributed by atoms with Crippen molar-refractivity contribution in [3.05, 3.63) is 88.1 Å². The molecule has 2 aromatic heterocycles. The van der Waals surface area contributed by atoms with E-state index >= 15 is 0 Å². The number of hydrogen-bond acceptors (Lipinski definition) is 4. The van der Waals surface area contributed by atoms with Crippen molar-refractivity contribution in [1.82, 2.24) is 19.3 Å². The molecule has 144 valence electrons. The van der Waals surface area contributed by atoms with Crippen LogP contribution in [0.1, 0.15) is 28.2 Å². The summed E-state index contributed by atoms with van der Waals surface area (Å²) in [6.07, 6.45) is 3.38. The topological polar surface area (TPSA) is 81.8 Å². The van der Waals surface area contributed by atoms with E-state index < -0.39 is 0 Å². The molecule has 1 N–H and O–H groups in total. The van der Waals surface area contributed by atoms with E-state index in [-0.39, 0.29) is 11.5 Å². The maximum absolute atomic E-state index is 12.8. The summed E-state index contributed by atoms with van der Waals surface area (Å²) in [5.41, 5.74) is 2.08. The van der Waals surface area contributed by atoms with Gasteiger partial charge in [0.25, 0.3) is 11.5 Å².